The molecule has 19 heavy (non-hydrogen) atoms. The second kappa shape index (κ2) is 6.15. The average Bonchev–Trinajstić information content (AvgIpc) is 2.41. The molecule has 0 aromatic heterocycles. The van der Waals surface area contributed by atoms with Crippen LogP contribution in [0, 0.1) is 5.82 Å². The van der Waals surface area contributed by atoms with Gasteiger partial charge in [-0.2, -0.15) is 0 Å². The number of hydrogen-bond acceptors (Lipinski definition) is 2. The number of halogens is 1. The highest BCUT2D eigenvalue weighted by Gasteiger charge is 2.25. The number of likely N-dealkylation sites (tertiary alicyclic amines) is 1. The fraction of sp³-hybridized carbons (Fsp3) is 0.533. The molecule has 3 nitrogen and oxygen atoms in total. The molecule has 1 aromatic carbocycles. The molecule has 1 saturated heterocycles. The van der Waals surface area contributed by atoms with E-state index in [0.29, 0.717) is 18.5 Å². The molecule has 104 valence electrons. The van der Waals surface area contributed by atoms with Gasteiger partial charge in [0.15, 0.2) is 0 Å². The van der Waals surface area contributed by atoms with Gasteiger partial charge in [-0.15, -0.1) is 0 Å². The molecule has 1 aliphatic heterocycles. The van der Waals surface area contributed by atoms with Crippen molar-refractivity contribution >= 4 is 5.91 Å². The first kappa shape index (κ1) is 14.0. The number of rotatable bonds is 4. The molecule has 1 fully saturated rings. The molecular weight excluding hydrogens is 243 g/mol. The van der Waals surface area contributed by atoms with Crippen LogP contribution in [-0.4, -0.2) is 30.4 Å². The lowest BCUT2D eigenvalue weighted by Gasteiger charge is -2.33. The molecule has 0 spiro atoms. The van der Waals surface area contributed by atoms with Gasteiger partial charge in [0.1, 0.15) is 5.82 Å². The van der Waals surface area contributed by atoms with Crippen molar-refractivity contribution in [1.29, 1.82) is 0 Å². The van der Waals surface area contributed by atoms with Gasteiger partial charge in [-0.1, -0.05) is 25.1 Å². The van der Waals surface area contributed by atoms with E-state index in [1.54, 1.807) is 11.0 Å². The maximum Gasteiger partial charge on any atom is 0.222 e. The van der Waals surface area contributed by atoms with Gasteiger partial charge in [-0.25, -0.2) is 4.39 Å². The van der Waals surface area contributed by atoms with Crippen LogP contribution in [0.4, 0.5) is 4.39 Å². The van der Waals surface area contributed by atoms with E-state index in [4.69, 9.17) is 0 Å². The highest BCUT2D eigenvalue weighted by Crippen LogP contribution is 2.22. The fourth-order valence-corrected chi connectivity index (χ4v) is 2.62. The van der Waals surface area contributed by atoms with Crippen molar-refractivity contribution in [2.45, 2.75) is 38.3 Å². The summed E-state index contributed by atoms with van der Waals surface area (Å²) in [6, 6.07) is 7.14. The number of nitrogens with zero attached hydrogens (tertiary/aromatic N) is 1. The molecular formula is C15H21FN2O. The van der Waals surface area contributed by atoms with Crippen LogP contribution in [0.2, 0.25) is 0 Å². The topological polar surface area (TPSA) is 32.3 Å². The third-order valence-electron chi connectivity index (χ3n) is 3.75. The molecule has 0 bridgehead atoms. The van der Waals surface area contributed by atoms with Gasteiger partial charge in [0.05, 0.1) is 0 Å². The molecule has 2 atom stereocenters. The molecule has 1 aliphatic rings. The Bertz CT molecular complexity index is 450. The number of amides is 1. The fourth-order valence-electron chi connectivity index (χ4n) is 2.62. The minimum atomic E-state index is -0.165. The smallest absolute Gasteiger partial charge is 0.222 e. The van der Waals surface area contributed by atoms with Crippen molar-refractivity contribution in [2.24, 2.45) is 0 Å². The van der Waals surface area contributed by atoms with Crippen molar-refractivity contribution in [3.63, 3.8) is 0 Å². The third kappa shape index (κ3) is 3.32. The Labute approximate surface area is 113 Å². The van der Waals surface area contributed by atoms with Crippen LogP contribution in [0.3, 0.4) is 0 Å². The molecule has 0 aliphatic carbocycles. The summed E-state index contributed by atoms with van der Waals surface area (Å²) in [4.78, 5) is 13.2. The molecule has 1 aromatic rings. The van der Waals surface area contributed by atoms with E-state index in [-0.39, 0.29) is 23.8 Å². The van der Waals surface area contributed by atoms with Crippen LogP contribution in [0.15, 0.2) is 24.3 Å². The number of hydrogen-bond donors (Lipinski definition) is 1. The minimum absolute atomic E-state index is 0.00722. The zero-order chi connectivity index (χ0) is 13.8. The van der Waals surface area contributed by atoms with Crippen molar-refractivity contribution in [3.8, 4) is 0 Å². The molecule has 4 heteroatoms. The number of likely N-dealkylation sites (N-methyl/N-ethyl adjacent to an activating group) is 1. The van der Waals surface area contributed by atoms with Crippen molar-refractivity contribution in [1.82, 2.24) is 10.2 Å². The maximum absolute atomic E-state index is 13.8. The van der Waals surface area contributed by atoms with Crippen molar-refractivity contribution < 1.29 is 9.18 Å². The molecule has 2 rings (SSSR count). The van der Waals surface area contributed by atoms with Gasteiger partial charge in [0, 0.05) is 37.7 Å². The van der Waals surface area contributed by atoms with Crippen LogP contribution < -0.4 is 5.32 Å². The predicted octanol–water partition coefficient (Wildman–Crippen LogP) is 2.49. The van der Waals surface area contributed by atoms with E-state index in [2.05, 4.69) is 5.32 Å². The van der Waals surface area contributed by atoms with Crippen molar-refractivity contribution in [2.75, 3.05) is 13.6 Å². The first-order valence-electron chi connectivity index (χ1n) is 6.86. The summed E-state index contributed by atoms with van der Waals surface area (Å²) >= 11 is 0. The zero-order valence-electron chi connectivity index (χ0n) is 11.5. The highest BCUT2D eigenvalue weighted by atomic mass is 19.1. The maximum atomic E-state index is 13.8. The largest absolute Gasteiger partial charge is 0.344 e. The summed E-state index contributed by atoms with van der Waals surface area (Å²) in [7, 11) is 1.82. The second-order valence-corrected chi connectivity index (χ2v) is 5.16. The van der Waals surface area contributed by atoms with E-state index in [9.17, 15) is 9.18 Å². The quantitative estimate of drug-likeness (QED) is 0.906. The van der Waals surface area contributed by atoms with Crippen LogP contribution >= 0.6 is 0 Å². The van der Waals surface area contributed by atoms with E-state index >= 15 is 0 Å². The third-order valence-corrected chi connectivity index (χ3v) is 3.75. The first-order chi connectivity index (χ1) is 9.11. The van der Waals surface area contributed by atoms with Gasteiger partial charge >= 0.3 is 0 Å². The second-order valence-electron chi connectivity index (χ2n) is 5.16. The first-order valence-corrected chi connectivity index (χ1v) is 6.86. The van der Waals surface area contributed by atoms with E-state index < -0.39 is 0 Å². The molecule has 0 unspecified atom stereocenters. The molecule has 1 amide bonds. The van der Waals surface area contributed by atoms with Crippen LogP contribution in [0.1, 0.15) is 37.8 Å². The Morgan fingerprint density at radius 1 is 1.47 bits per heavy atom. The standard InChI is InChI=1S/C15H21FN2O/c1-3-14(12-6-4-5-7-13(12)16)17-11-8-9-15(19)18(2)10-11/h4-7,11,14,17H,3,8-10H2,1-2H3/t11-,14-/m0/s1. The number of carbonyl (C=O) groups excluding carboxylic acids is 1. The lowest BCUT2D eigenvalue weighted by molar-refractivity contribution is -0.132. The Morgan fingerprint density at radius 2 is 2.21 bits per heavy atom. The summed E-state index contributed by atoms with van der Waals surface area (Å²) in [5, 5.41) is 3.48. The summed E-state index contributed by atoms with van der Waals surface area (Å²) in [6.45, 7) is 2.74. The monoisotopic (exact) mass is 264 g/mol. The molecule has 0 saturated carbocycles. The Hall–Kier alpha value is -1.42. The van der Waals surface area contributed by atoms with Gasteiger partial charge in [0.25, 0.3) is 0 Å². The Morgan fingerprint density at radius 3 is 2.84 bits per heavy atom. The van der Waals surface area contributed by atoms with E-state index in [1.165, 1.54) is 6.07 Å². The van der Waals surface area contributed by atoms with Gasteiger partial charge in [0.2, 0.25) is 5.91 Å². The van der Waals surface area contributed by atoms with E-state index in [1.807, 2.05) is 26.1 Å². The zero-order valence-corrected chi connectivity index (χ0v) is 11.5. The predicted molar refractivity (Wildman–Crippen MR) is 73.2 cm³/mol. The van der Waals surface area contributed by atoms with Crippen LogP contribution in [-0.2, 0) is 4.79 Å². The lowest BCUT2D eigenvalue weighted by atomic mass is 9.99. The van der Waals surface area contributed by atoms with Crippen molar-refractivity contribution in [3.05, 3.63) is 35.6 Å². The SMILES string of the molecule is CC[C@H](N[C@H]1CCC(=O)N(C)C1)c1ccccc1F. The Kier molecular flexibility index (Phi) is 4.53. The summed E-state index contributed by atoms with van der Waals surface area (Å²) in [5.41, 5.74) is 0.713. The van der Waals surface area contributed by atoms with Gasteiger partial charge < -0.3 is 10.2 Å². The minimum Gasteiger partial charge on any atom is -0.344 e. The molecule has 0 radical (unpaired) electrons. The lowest BCUT2D eigenvalue weighted by Crippen LogP contribution is -2.47. The summed E-state index contributed by atoms with van der Waals surface area (Å²) in [5.74, 6) is 0.0269. The molecule has 1 N–H and O–H groups in total. The highest BCUT2D eigenvalue weighted by molar-refractivity contribution is 5.76. The van der Waals surface area contributed by atoms with Crippen LogP contribution in [0.25, 0.3) is 0 Å². The van der Waals surface area contributed by atoms with Gasteiger partial charge in [-0.05, 0) is 18.9 Å². The van der Waals surface area contributed by atoms with Gasteiger partial charge in [-0.3, -0.25) is 4.79 Å². The number of benzene rings is 1. The molecule has 1 heterocycles. The normalized spacial score (nSPS) is 21.5. The number of nitrogens with one attached hydrogen (secondary N) is 1. The average molecular weight is 264 g/mol. The number of carbonyl (C=O) groups is 1. The summed E-state index contributed by atoms with van der Waals surface area (Å²) < 4.78 is 13.8. The summed E-state index contributed by atoms with van der Waals surface area (Å²) in [6.07, 6.45) is 2.23. The Balaban J connectivity index is 2.04. The van der Waals surface area contributed by atoms with E-state index in [0.717, 1.165) is 12.8 Å². The van der Waals surface area contributed by atoms with Crippen LogP contribution in [0.5, 0.6) is 0 Å². The number of piperidine rings is 1.